The minimum absolute atomic E-state index is 0.00113. The van der Waals surface area contributed by atoms with Crippen LogP contribution in [0.2, 0.25) is 0 Å². The van der Waals surface area contributed by atoms with E-state index in [1.807, 2.05) is 0 Å². The number of Topliss-reactive ketones (excluding diaryl/α,β-unsaturated/α-hetero) is 1. The van der Waals surface area contributed by atoms with Crippen LogP contribution in [0, 0.1) is 5.92 Å². The largest absolute Gasteiger partial charge is 0.384 e. The Morgan fingerprint density at radius 3 is 2.31 bits per heavy atom. The molecule has 1 aromatic carbocycles. The number of hydrogen-bond acceptors (Lipinski definition) is 11. The van der Waals surface area contributed by atoms with Crippen LogP contribution < -0.4 is 21.5 Å². The van der Waals surface area contributed by atoms with Gasteiger partial charge in [0, 0.05) is 44.6 Å². The standard InChI is InChI=1S/C33H46N8O9S/c1-32(2,47)26-18-36-39-41(26)22-17-25(30(45)38-33(27(42)28(34)43)12-14-50-15-13-33)40(19-22)31(46)24(16-20-6-4-3-5-7-20)37-29(44)21-8-10-23(11-9-21)51(35,48)49/h8-11,18,20,22,24-25,47H,3-7,12-17,19H2,1-2H3,(H2,34,43)(H,37,44)(H,38,45)(H2,35,48,49)/t22?,24-,25?/m1/s1. The Balaban J connectivity index is 1.48. The summed E-state index contributed by atoms with van der Waals surface area (Å²) in [5.41, 5.74) is 2.84. The zero-order chi connectivity index (χ0) is 37.1. The predicted molar refractivity (Wildman–Crippen MR) is 180 cm³/mol. The van der Waals surface area contributed by atoms with Crippen molar-refractivity contribution in [1.82, 2.24) is 30.5 Å². The number of ketones is 1. The molecular formula is C33H46N8O9S. The van der Waals surface area contributed by atoms with Crippen LogP contribution in [0.15, 0.2) is 35.4 Å². The van der Waals surface area contributed by atoms with Gasteiger partial charge in [0.15, 0.2) is 0 Å². The predicted octanol–water partition coefficient (Wildman–Crippen LogP) is -0.216. The molecule has 3 fully saturated rings. The second-order valence-corrected chi connectivity index (χ2v) is 15.8. The maximum absolute atomic E-state index is 14.7. The molecule has 7 N–H and O–H groups in total. The molecule has 3 atom stereocenters. The first kappa shape index (κ1) is 38.0. The number of rotatable bonds is 12. The number of nitrogens with one attached hydrogen (secondary N) is 2. The highest BCUT2D eigenvalue weighted by molar-refractivity contribution is 7.89. The summed E-state index contributed by atoms with van der Waals surface area (Å²) in [6.07, 6.45) is 6.40. The number of primary amides is 1. The number of nitrogens with two attached hydrogens (primary N) is 2. The summed E-state index contributed by atoms with van der Waals surface area (Å²) in [6, 6.07) is 2.10. The first-order chi connectivity index (χ1) is 24.0. The van der Waals surface area contributed by atoms with Gasteiger partial charge in [-0.15, -0.1) is 5.10 Å². The second kappa shape index (κ2) is 15.1. The van der Waals surface area contributed by atoms with E-state index >= 15 is 0 Å². The van der Waals surface area contributed by atoms with Crippen LogP contribution in [0.25, 0.3) is 0 Å². The fourth-order valence-corrected chi connectivity index (χ4v) is 7.85. The van der Waals surface area contributed by atoms with Crippen LogP contribution in [-0.2, 0) is 39.5 Å². The quantitative estimate of drug-likeness (QED) is 0.178. The third-order valence-corrected chi connectivity index (χ3v) is 11.1. The molecule has 18 heteroatoms. The summed E-state index contributed by atoms with van der Waals surface area (Å²) in [6.45, 7) is 3.25. The summed E-state index contributed by atoms with van der Waals surface area (Å²) in [4.78, 5) is 68.8. The third kappa shape index (κ3) is 8.62. The number of carbonyl (C=O) groups excluding carboxylic acids is 5. The number of likely N-dealkylation sites (tertiary alicyclic amines) is 1. The molecule has 3 heterocycles. The van der Waals surface area contributed by atoms with E-state index < -0.39 is 68.7 Å². The summed E-state index contributed by atoms with van der Waals surface area (Å²) in [5, 5.41) is 29.8. The maximum Gasteiger partial charge on any atom is 0.287 e. The molecule has 1 aromatic heterocycles. The Morgan fingerprint density at radius 1 is 1.08 bits per heavy atom. The molecular weight excluding hydrogens is 684 g/mol. The Bertz CT molecular complexity index is 1740. The monoisotopic (exact) mass is 730 g/mol. The van der Waals surface area contributed by atoms with Gasteiger partial charge in [0.2, 0.25) is 27.6 Å². The van der Waals surface area contributed by atoms with Gasteiger partial charge < -0.3 is 31.1 Å². The third-order valence-electron chi connectivity index (χ3n) is 10.1. The highest BCUT2D eigenvalue weighted by Crippen LogP contribution is 2.34. The van der Waals surface area contributed by atoms with Crippen molar-refractivity contribution >= 4 is 39.4 Å². The number of ether oxygens (including phenoxy) is 1. The lowest BCUT2D eigenvalue weighted by Gasteiger charge is -2.37. The Labute approximate surface area is 295 Å². The molecule has 0 spiro atoms. The fourth-order valence-electron chi connectivity index (χ4n) is 7.33. The summed E-state index contributed by atoms with van der Waals surface area (Å²) < 4.78 is 30.4. The van der Waals surface area contributed by atoms with E-state index in [0.29, 0.717) is 5.69 Å². The molecule has 1 aliphatic carbocycles. The number of nitrogens with zero attached hydrogens (tertiary/aromatic N) is 4. The highest BCUT2D eigenvalue weighted by atomic mass is 32.2. The molecule has 1 saturated carbocycles. The van der Waals surface area contributed by atoms with Crippen molar-refractivity contribution in [3.8, 4) is 0 Å². The van der Waals surface area contributed by atoms with Crippen molar-refractivity contribution in [2.24, 2.45) is 16.8 Å². The minimum atomic E-state index is -4.00. The number of aliphatic hydroxyl groups is 1. The lowest BCUT2D eigenvalue weighted by atomic mass is 9.84. The normalized spacial score (nSPS) is 21.8. The van der Waals surface area contributed by atoms with Gasteiger partial charge in [-0.05, 0) is 50.5 Å². The van der Waals surface area contributed by atoms with Crippen molar-refractivity contribution in [2.45, 2.75) is 106 Å². The van der Waals surface area contributed by atoms with Crippen molar-refractivity contribution in [2.75, 3.05) is 19.8 Å². The van der Waals surface area contributed by atoms with Gasteiger partial charge in [-0.25, -0.2) is 18.2 Å². The Hall–Kier alpha value is -4.26. The first-order valence-electron chi connectivity index (χ1n) is 17.1. The number of amides is 4. The maximum atomic E-state index is 14.7. The van der Waals surface area contributed by atoms with E-state index in [0.717, 1.165) is 32.1 Å². The van der Waals surface area contributed by atoms with Gasteiger partial charge in [-0.1, -0.05) is 37.3 Å². The van der Waals surface area contributed by atoms with E-state index in [1.54, 1.807) is 13.8 Å². The molecule has 0 bridgehead atoms. The topological polar surface area (TPSA) is 259 Å². The summed E-state index contributed by atoms with van der Waals surface area (Å²) >= 11 is 0. The van der Waals surface area contributed by atoms with Gasteiger partial charge in [0.05, 0.1) is 22.8 Å². The van der Waals surface area contributed by atoms with E-state index in [4.69, 9.17) is 15.6 Å². The highest BCUT2D eigenvalue weighted by Gasteiger charge is 2.49. The molecule has 2 saturated heterocycles. The van der Waals surface area contributed by atoms with Crippen LogP contribution >= 0.6 is 0 Å². The number of aromatic nitrogens is 3. The van der Waals surface area contributed by atoms with Gasteiger partial charge in [-0.2, -0.15) is 0 Å². The van der Waals surface area contributed by atoms with Crippen LogP contribution in [0.5, 0.6) is 0 Å². The Morgan fingerprint density at radius 2 is 1.73 bits per heavy atom. The summed E-state index contributed by atoms with van der Waals surface area (Å²) in [5.74, 6) is -3.95. The average Bonchev–Trinajstić information content (AvgIpc) is 3.76. The molecule has 3 aliphatic rings. The van der Waals surface area contributed by atoms with E-state index in [1.165, 1.54) is 40.0 Å². The second-order valence-electron chi connectivity index (χ2n) is 14.2. The number of carbonyl (C=O) groups is 5. The van der Waals surface area contributed by atoms with Crippen molar-refractivity contribution in [3.05, 3.63) is 41.7 Å². The molecule has 278 valence electrons. The molecule has 17 nitrogen and oxygen atoms in total. The molecule has 5 rings (SSSR count). The fraction of sp³-hybridized carbons (Fsp3) is 0.606. The molecule has 2 aliphatic heterocycles. The summed E-state index contributed by atoms with van der Waals surface area (Å²) in [7, 11) is -4.00. The SMILES string of the molecule is CC(C)(O)c1cnnn1C1CC(C(=O)NC2(C(=O)C(N)=O)CCOCC2)N(C(=O)[C@@H](CC2CCCCC2)NC(=O)c2ccc(S(N)(=O)=O)cc2)C1. The molecule has 51 heavy (non-hydrogen) atoms. The smallest absolute Gasteiger partial charge is 0.287 e. The molecule has 4 amide bonds. The lowest BCUT2D eigenvalue weighted by molar-refractivity contribution is -0.147. The minimum Gasteiger partial charge on any atom is -0.384 e. The number of sulfonamides is 1. The number of benzene rings is 1. The van der Waals surface area contributed by atoms with Crippen LogP contribution in [0.1, 0.15) is 93.7 Å². The van der Waals surface area contributed by atoms with Gasteiger partial charge in [0.1, 0.15) is 23.2 Å². The van der Waals surface area contributed by atoms with Crippen molar-refractivity contribution in [3.63, 3.8) is 0 Å². The van der Waals surface area contributed by atoms with Gasteiger partial charge in [-0.3, -0.25) is 24.0 Å². The van der Waals surface area contributed by atoms with E-state index in [9.17, 15) is 37.5 Å². The van der Waals surface area contributed by atoms with Crippen LogP contribution in [0.4, 0.5) is 0 Å². The first-order valence-corrected chi connectivity index (χ1v) is 18.7. The zero-order valence-electron chi connectivity index (χ0n) is 28.7. The molecule has 2 unspecified atom stereocenters. The van der Waals surface area contributed by atoms with Crippen molar-refractivity contribution < 1.29 is 42.2 Å². The zero-order valence-corrected chi connectivity index (χ0v) is 29.6. The Kier molecular flexibility index (Phi) is 11.3. The molecule has 0 radical (unpaired) electrons. The molecule has 2 aromatic rings. The van der Waals surface area contributed by atoms with E-state index in [-0.39, 0.29) is 61.8 Å². The van der Waals surface area contributed by atoms with E-state index in [2.05, 4.69) is 20.9 Å². The van der Waals surface area contributed by atoms with Crippen LogP contribution in [0.3, 0.4) is 0 Å². The van der Waals surface area contributed by atoms with Gasteiger partial charge >= 0.3 is 0 Å². The van der Waals surface area contributed by atoms with Crippen molar-refractivity contribution in [1.29, 1.82) is 0 Å². The van der Waals surface area contributed by atoms with Gasteiger partial charge in [0.25, 0.3) is 11.8 Å². The lowest BCUT2D eigenvalue weighted by Crippen LogP contribution is -2.64. The average molecular weight is 731 g/mol. The van der Waals surface area contributed by atoms with Crippen LogP contribution in [-0.4, -0.2) is 100 Å². The number of primary sulfonamides is 1. The number of hydrogen-bond donors (Lipinski definition) is 5.